The van der Waals surface area contributed by atoms with Crippen molar-refractivity contribution in [2.24, 2.45) is 5.73 Å². The summed E-state index contributed by atoms with van der Waals surface area (Å²) >= 11 is 0. The first-order valence-electron chi connectivity index (χ1n) is 4.60. The van der Waals surface area contributed by atoms with Gasteiger partial charge in [0.05, 0.1) is 11.6 Å². The molecule has 0 fully saturated rings. The van der Waals surface area contributed by atoms with Crippen LogP contribution in [-0.2, 0) is 6.18 Å². The van der Waals surface area contributed by atoms with Crippen LogP contribution in [-0.4, -0.2) is 17.6 Å². The van der Waals surface area contributed by atoms with Gasteiger partial charge in [0, 0.05) is 0 Å². The normalized spacial score (nSPS) is 14.8. The van der Waals surface area contributed by atoms with Gasteiger partial charge in [-0.05, 0) is 17.7 Å². The predicted octanol–water partition coefficient (Wildman–Crippen LogP) is 2.33. The Hall–Kier alpha value is -1.21. The van der Waals surface area contributed by atoms with Crippen molar-refractivity contribution in [3.05, 3.63) is 35.4 Å². The molecule has 0 aliphatic rings. The molecule has 0 unspecified atom stereocenters. The third-order valence-corrected chi connectivity index (χ3v) is 2.24. The van der Waals surface area contributed by atoms with Gasteiger partial charge in [0.2, 0.25) is 0 Å². The van der Waals surface area contributed by atoms with Crippen LogP contribution in [0.2, 0.25) is 0 Å². The zero-order chi connectivity index (χ0) is 13.3. The van der Waals surface area contributed by atoms with Crippen LogP contribution in [0.15, 0.2) is 24.3 Å². The van der Waals surface area contributed by atoms with Gasteiger partial charge in [-0.15, -0.1) is 0 Å². The molecule has 7 heteroatoms. The fourth-order valence-electron chi connectivity index (χ4n) is 1.25. The highest BCUT2D eigenvalue weighted by Crippen LogP contribution is 2.33. The highest BCUT2D eigenvalue weighted by Gasteiger charge is 2.38. The van der Waals surface area contributed by atoms with E-state index in [1.807, 2.05) is 0 Å². The summed E-state index contributed by atoms with van der Waals surface area (Å²) in [6, 6.07) is 1.38. The summed E-state index contributed by atoms with van der Waals surface area (Å²) in [4.78, 5) is 0. The molecule has 0 bridgehead atoms. The first-order chi connectivity index (χ1) is 7.68. The van der Waals surface area contributed by atoms with Gasteiger partial charge in [-0.25, -0.2) is 8.78 Å². The van der Waals surface area contributed by atoms with Crippen LogP contribution < -0.4 is 5.73 Å². The highest BCUT2D eigenvalue weighted by atomic mass is 19.4. The van der Waals surface area contributed by atoms with Crippen LogP contribution >= 0.6 is 0 Å². The molecule has 1 aromatic carbocycles. The summed E-state index contributed by atoms with van der Waals surface area (Å²) in [5.41, 5.74) is 3.69. The molecule has 0 aliphatic heterocycles. The number of benzene rings is 1. The minimum atomic E-state index is -4.62. The van der Waals surface area contributed by atoms with Crippen molar-refractivity contribution >= 4 is 0 Å². The largest absolute Gasteiger partial charge is 0.416 e. The Morgan fingerprint density at radius 1 is 1.18 bits per heavy atom. The van der Waals surface area contributed by atoms with E-state index in [4.69, 9.17) is 10.8 Å². The van der Waals surface area contributed by atoms with E-state index in [9.17, 15) is 22.0 Å². The van der Waals surface area contributed by atoms with Crippen LogP contribution in [0.3, 0.4) is 0 Å². The summed E-state index contributed by atoms with van der Waals surface area (Å²) in [7, 11) is 0. The molecule has 2 nitrogen and oxygen atoms in total. The van der Waals surface area contributed by atoms with Crippen molar-refractivity contribution < 1.29 is 27.1 Å². The average Bonchev–Trinajstić information content (AvgIpc) is 2.27. The second-order valence-corrected chi connectivity index (χ2v) is 3.52. The summed E-state index contributed by atoms with van der Waals surface area (Å²) < 4.78 is 63.0. The Kier molecular flexibility index (Phi) is 3.73. The molecule has 3 N–H and O–H groups in total. The lowest BCUT2D eigenvalue weighted by atomic mass is 9.99. The Balaban J connectivity index is 3.08. The van der Waals surface area contributed by atoms with Crippen molar-refractivity contribution in [2.45, 2.75) is 18.1 Å². The molecule has 96 valence electrons. The minimum Gasteiger partial charge on any atom is -0.390 e. The SMILES string of the molecule is N[C@@H](c1cccc(C(F)(F)F)c1)C(F)(F)CO. The topological polar surface area (TPSA) is 46.2 Å². The molecule has 0 radical (unpaired) electrons. The van der Waals surface area contributed by atoms with Crippen molar-refractivity contribution in [3.63, 3.8) is 0 Å². The Bertz CT molecular complexity index is 391. The van der Waals surface area contributed by atoms with Crippen molar-refractivity contribution in [1.29, 1.82) is 0 Å². The zero-order valence-electron chi connectivity index (χ0n) is 8.51. The lowest BCUT2D eigenvalue weighted by Crippen LogP contribution is -2.36. The number of hydrogen-bond acceptors (Lipinski definition) is 2. The van der Waals surface area contributed by atoms with Crippen LogP contribution in [0.4, 0.5) is 22.0 Å². The first kappa shape index (κ1) is 13.9. The third-order valence-electron chi connectivity index (χ3n) is 2.24. The number of alkyl halides is 5. The van der Waals surface area contributed by atoms with Gasteiger partial charge in [0.25, 0.3) is 5.92 Å². The molecule has 1 rings (SSSR count). The molecule has 0 saturated heterocycles. The smallest absolute Gasteiger partial charge is 0.390 e. The van der Waals surface area contributed by atoms with E-state index in [0.29, 0.717) is 6.07 Å². The summed E-state index contributed by atoms with van der Waals surface area (Å²) in [6.07, 6.45) is -4.62. The van der Waals surface area contributed by atoms with Crippen molar-refractivity contribution in [3.8, 4) is 0 Å². The Morgan fingerprint density at radius 3 is 2.24 bits per heavy atom. The van der Waals surface area contributed by atoms with E-state index in [-0.39, 0.29) is 5.56 Å². The van der Waals surface area contributed by atoms with Crippen LogP contribution in [0.5, 0.6) is 0 Å². The van der Waals surface area contributed by atoms with E-state index >= 15 is 0 Å². The Labute approximate surface area is 93.9 Å². The maximum Gasteiger partial charge on any atom is 0.416 e. The average molecular weight is 255 g/mol. The van der Waals surface area contributed by atoms with E-state index < -0.39 is 30.3 Å². The summed E-state index contributed by atoms with van der Waals surface area (Å²) in [5, 5.41) is 8.40. The third kappa shape index (κ3) is 3.13. The number of nitrogens with two attached hydrogens (primary N) is 1. The number of halogens is 5. The molecule has 0 saturated carbocycles. The van der Waals surface area contributed by atoms with Gasteiger partial charge in [0.15, 0.2) is 0 Å². The number of aliphatic hydroxyl groups is 1. The van der Waals surface area contributed by atoms with Crippen molar-refractivity contribution in [1.82, 2.24) is 0 Å². The predicted molar refractivity (Wildman–Crippen MR) is 50.4 cm³/mol. The van der Waals surface area contributed by atoms with Gasteiger partial charge in [-0.3, -0.25) is 0 Å². The lowest BCUT2D eigenvalue weighted by Gasteiger charge is -2.22. The quantitative estimate of drug-likeness (QED) is 0.814. The van der Waals surface area contributed by atoms with E-state index in [1.165, 1.54) is 0 Å². The van der Waals surface area contributed by atoms with E-state index in [1.54, 1.807) is 0 Å². The number of hydrogen-bond donors (Lipinski definition) is 2. The van der Waals surface area contributed by atoms with Gasteiger partial charge >= 0.3 is 6.18 Å². The fourth-order valence-corrected chi connectivity index (χ4v) is 1.25. The van der Waals surface area contributed by atoms with Gasteiger partial charge in [0.1, 0.15) is 6.61 Å². The molecule has 0 amide bonds. The molecule has 0 aliphatic carbocycles. The van der Waals surface area contributed by atoms with E-state index in [0.717, 1.165) is 18.2 Å². The molecule has 17 heavy (non-hydrogen) atoms. The standard InChI is InChI=1S/C10H10F5NO/c11-9(12,5-17)8(16)6-2-1-3-7(4-6)10(13,14)15/h1-4,8,17H,5,16H2/t8-/m0/s1. The van der Waals surface area contributed by atoms with E-state index in [2.05, 4.69) is 0 Å². The van der Waals surface area contributed by atoms with Crippen LogP contribution in [0.25, 0.3) is 0 Å². The zero-order valence-corrected chi connectivity index (χ0v) is 8.51. The van der Waals surface area contributed by atoms with Crippen LogP contribution in [0.1, 0.15) is 17.2 Å². The van der Waals surface area contributed by atoms with Crippen LogP contribution in [0, 0.1) is 0 Å². The second kappa shape index (κ2) is 4.58. The minimum absolute atomic E-state index is 0.376. The van der Waals surface area contributed by atoms with Crippen molar-refractivity contribution in [2.75, 3.05) is 6.61 Å². The molecule has 1 atom stereocenters. The molecule has 1 aromatic rings. The van der Waals surface area contributed by atoms with Gasteiger partial charge < -0.3 is 10.8 Å². The summed E-state index contributed by atoms with van der Waals surface area (Å²) in [6.45, 7) is -1.52. The molecular formula is C10H10F5NO. The highest BCUT2D eigenvalue weighted by molar-refractivity contribution is 5.29. The second-order valence-electron chi connectivity index (χ2n) is 3.52. The molecule has 0 heterocycles. The fraction of sp³-hybridized carbons (Fsp3) is 0.400. The lowest BCUT2D eigenvalue weighted by molar-refractivity contribution is -0.137. The molecule has 0 spiro atoms. The maximum absolute atomic E-state index is 13.0. The van der Waals surface area contributed by atoms with Gasteiger partial charge in [-0.1, -0.05) is 12.1 Å². The molecular weight excluding hydrogens is 245 g/mol. The number of aliphatic hydroxyl groups excluding tert-OH is 1. The first-order valence-corrected chi connectivity index (χ1v) is 4.60. The Morgan fingerprint density at radius 2 is 1.76 bits per heavy atom. The maximum atomic E-state index is 13.0. The summed E-state index contributed by atoms with van der Waals surface area (Å²) in [5.74, 6) is -3.66. The monoisotopic (exact) mass is 255 g/mol. The number of rotatable bonds is 3. The van der Waals surface area contributed by atoms with Gasteiger partial charge in [-0.2, -0.15) is 13.2 Å². The molecule has 0 aromatic heterocycles.